The molecule has 0 radical (unpaired) electrons. The quantitative estimate of drug-likeness (QED) is 0.836. The van der Waals surface area contributed by atoms with Gasteiger partial charge in [-0.25, -0.2) is 0 Å². The molecule has 0 aromatic carbocycles. The van der Waals surface area contributed by atoms with Crippen LogP contribution in [0.3, 0.4) is 0 Å². The van der Waals surface area contributed by atoms with Crippen LogP contribution in [-0.4, -0.2) is 58.2 Å². The van der Waals surface area contributed by atoms with Crippen molar-refractivity contribution in [2.75, 3.05) is 26.8 Å². The predicted molar refractivity (Wildman–Crippen MR) is 79.1 cm³/mol. The molecule has 1 saturated heterocycles. The molecule has 0 unspecified atom stereocenters. The number of fused-ring (bicyclic) bond motifs is 1. The highest BCUT2D eigenvalue weighted by Crippen LogP contribution is 2.23. The topological polar surface area (TPSA) is 52.4 Å². The number of nitrogens with zero attached hydrogens (tertiary/aromatic N) is 4. The van der Waals surface area contributed by atoms with Gasteiger partial charge >= 0.3 is 0 Å². The fourth-order valence-electron chi connectivity index (χ4n) is 3.50. The molecule has 3 rings (SSSR count). The zero-order valence-electron chi connectivity index (χ0n) is 13.3. The molecular weight excluding hydrogens is 268 g/mol. The van der Waals surface area contributed by atoms with Gasteiger partial charge in [0.05, 0.1) is 24.9 Å². The minimum Gasteiger partial charge on any atom is -0.382 e. The van der Waals surface area contributed by atoms with Crippen molar-refractivity contribution in [3.05, 3.63) is 11.6 Å². The summed E-state index contributed by atoms with van der Waals surface area (Å²) < 4.78 is 13.6. The van der Waals surface area contributed by atoms with E-state index in [1.54, 1.807) is 7.11 Å². The van der Waals surface area contributed by atoms with Crippen molar-refractivity contribution in [1.29, 1.82) is 0 Å². The van der Waals surface area contributed by atoms with Crippen LogP contribution >= 0.6 is 0 Å². The first kappa shape index (κ1) is 14.9. The van der Waals surface area contributed by atoms with Crippen LogP contribution in [0.5, 0.6) is 0 Å². The fourth-order valence-corrected chi connectivity index (χ4v) is 3.50. The van der Waals surface area contributed by atoms with Crippen molar-refractivity contribution in [2.24, 2.45) is 0 Å². The summed E-state index contributed by atoms with van der Waals surface area (Å²) in [7, 11) is 1.73. The predicted octanol–water partition coefficient (Wildman–Crippen LogP) is 1.24. The van der Waals surface area contributed by atoms with E-state index < -0.39 is 0 Å². The molecule has 0 spiro atoms. The highest BCUT2D eigenvalue weighted by molar-refractivity contribution is 5.00. The molecule has 1 atom stereocenters. The Morgan fingerprint density at radius 2 is 2.19 bits per heavy atom. The van der Waals surface area contributed by atoms with Crippen LogP contribution in [0.1, 0.15) is 38.3 Å². The van der Waals surface area contributed by atoms with Crippen molar-refractivity contribution < 1.29 is 9.47 Å². The van der Waals surface area contributed by atoms with E-state index in [-0.39, 0.29) is 11.7 Å². The molecule has 0 N–H and O–H groups in total. The molecule has 21 heavy (non-hydrogen) atoms. The van der Waals surface area contributed by atoms with E-state index in [1.807, 2.05) is 0 Å². The average molecular weight is 294 g/mol. The van der Waals surface area contributed by atoms with E-state index in [9.17, 15) is 0 Å². The molecular formula is C15H26N4O2. The second kappa shape index (κ2) is 6.02. The Kier molecular flexibility index (Phi) is 4.28. The lowest BCUT2D eigenvalue weighted by atomic mass is 10.1. The summed E-state index contributed by atoms with van der Waals surface area (Å²) in [5.41, 5.74) is -0.147. The SMILES string of the molecule is COC[C@H]1CN(Cc2nnc3n2CCCC3)CC(C)(C)O1. The van der Waals surface area contributed by atoms with Crippen LogP contribution < -0.4 is 0 Å². The molecule has 2 aliphatic rings. The van der Waals surface area contributed by atoms with Gasteiger partial charge in [0.25, 0.3) is 0 Å². The Morgan fingerprint density at radius 3 is 3.00 bits per heavy atom. The molecule has 3 heterocycles. The van der Waals surface area contributed by atoms with Crippen LogP contribution in [0, 0.1) is 0 Å². The number of aromatic nitrogens is 3. The van der Waals surface area contributed by atoms with Gasteiger partial charge < -0.3 is 14.0 Å². The molecule has 6 nitrogen and oxygen atoms in total. The van der Waals surface area contributed by atoms with E-state index in [2.05, 4.69) is 33.5 Å². The van der Waals surface area contributed by atoms with E-state index in [0.717, 1.165) is 44.2 Å². The van der Waals surface area contributed by atoms with Gasteiger partial charge in [0, 0.05) is 33.2 Å². The molecule has 2 aliphatic heterocycles. The van der Waals surface area contributed by atoms with Crippen LogP contribution in [0.15, 0.2) is 0 Å². The van der Waals surface area contributed by atoms with Gasteiger partial charge in [-0.3, -0.25) is 4.90 Å². The number of ether oxygens (including phenoxy) is 2. The number of methoxy groups -OCH3 is 1. The molecule has 1 fully saturated rings. The Morgan fingerprint density at radius 1 is 1.33 bits per heavy atom. The van der Waals surface area contributed by atoms with Crippen molar-refractivity contribution in [3.8, 4) is 0 Å². The minimum absolute atomic E-state index is 0.127. The molecule has 1 aromatic heterocycles. The maximum Gasteiger partial charge on any atom is 0.147 e. The van der Waals surface area contributed by atoms with Gasteiger partial charge in [0.15, 0.2) is 0 Å². The largest absolute Gasteiger partial charge is 0.382 e. The minimum atomic E-state index is -0.147. The normalized spacial score (nSPS) is 25.8. The fraction of sp³-hybridized carbons (Fsp3) is 0.867. The van der Waals surface area contributed by atoms with Gasteiger partial charge in [-0.15, -0.1) is 10.2 Å². The standard InChI is InChI=1S/C15H26N4O2/c1-15(2)11-18(8-12(21-15)10-20-3)9-14-17-16-13-6-4-5-7-19(13)14/h12H,4-11H2,1-3H3/t12-/m1/s1. The summed E-state index contributed by atoms with van der Waals surface area (Å²) in [5, 5.41) is 8.75. The Bertz CT molecular complexity index is 486. The lowest BCUT2D eigenvalue weighted by Crippen LogP contribution is -2.53. The van der Waals surface area contributed by atoms with Crippen molar-refractivity contribution in [1.82, 2.24) is 19.7 Å². The molecule has 0 amide bonds. The maximum atomic E-state index is 6.07. The first-order valence-electron chi connectivity index (χ1n) is 7.87. The number of rotatable bonds is 4. The Balaban J connectivity index is 1.70. The monoisotopic (exact) mass is 294 g/mol. The zero-order chi connectivity index (χ0) is 14.9. The number of hydrogen-bond acceptors (Lipinski definition) is 5. The molecule has 6 heteroatoms. The smallest absolute Gasteiger partial charge is 0.147 e. The lowest BCUT2D eigenvalue weighted by Gasteiger charge is -2.42. The van der Waals surface area contributed by atoms with Gasteiger partial charge in [-0.2, -0.15) is 0 Å². The Hall–Kier alpha value is -0.980. The van der Waals surface area contributed by atoms with Gasteiger partial charge in [0.2, 0.25) is 0 Å². The van der Waals surface area contributed by atoms with Crippen molar-refractivity contribution in [3.63, 3.8) is 0 Å². The van der Waals surface area contributed by atoms with Gasteiger partial charge in [-0.05, 0) is 26.7 Å². The second-order valence-corrected chi connectivity index (χ2v) is 6.77. The van der Waals surface area contributed by atoms with Crippen molar-refractivity contribution >= 4 is 0 Å². The number of morpholine rings is 1. The summed E-state index contributed by atoms with van der Waals surface area (Å²) in [6, 6.07) is 0. The summed E-state index contributed by atoms with van der Waals surface area (Å²) in [6.45, 7) is 8.63. The Labute approximate surface area is 126 Å². The van der Waals surface area contributed by atoms with Gasteiger partial charge in [-0.1, -0.05) is 0 Å². The van der Waals surface area contributed by atoms with E-state index >= 15 is 0 Å². The summed E-state index contributed by atoms with van der Waals surface area (Å²) >= 11 is 0. The number of hydrogen-bond donors (Lipinski definition) is 0. The van der Waals surface area contributed by atoms with E-state index in [0.29, 0.717) is 6.61 Å². The molecule has 1 aromatic rings. The molecule has 0 bridgehead atoms. The third-order valence-electron chi connectivity index (χ3n) is 4.21. The summed E-state index contributed by atoms with van der Waals surface area (Å²) in [6.07, 6.45) is 3.66. The van der Waals surface area contributed by atoms with Crippen LogP contribution in [-0.2, 0) is 29.0 Å². The highest BCUT2D eigenvalue weighted by atomic mass is 16.5. The highest BCUT2D eigenvalue weighted by Gasteiger charge is 2.34. The summed E-state index contributed by atoms with van der Waals surface area (Å²) in [5.74, 6) is 2.25. The summed E-state index contributed by atoms with van der Waals surface area (Å²) in [4.78, 5) is 2.42. The van der Waals surface area contributed by atoms with E-state index in [4.69, 9.17) is 9.47 Å². The zero-order valence-corrected chi connectivity index (χ0v) is 13.3. The van der Waals surface area contributed by atoms with Crippen molar-refractivity contribution in [2.45, 2.75) is 57.9 Å². The lowest BCUT2D eigenvalue weighted by molar-refractivity contribution is -0.154. The third-order valence-corrected chi connectivity index (χ3v) is 4.21. The average Bonchev–Trinajstić information content (AvgIpc) is 2.81. The molecule has 0 aliphatic carbocycles. The van der Waals surface area contributed by atoms with E-state index in [1.165, 1.54) is 12.8 Å². The van der Waals surface area contributed by atoms with Crippen LogP contribution in [0.4, 0.5) is 0 Å². The van der Waals surface area contributed by atoms with Crippen LogP contribution in [0.2, 0.25) is 0 Å². The molecule has 0 saturated carbocycles. The first-order valence-corrected chi connectivity index (χ1v) is 7.87. The van der Waals surface area contributed by atoms with Gasteiger partial charge in [0.1, 0.15) is 11.6 Å². The van der Waals surface area contributed by atoms with Crippen LogP contribution in [0.25, 0.3) is 0 Å². The second-order valence-electron chi connectivity index (χ2n) is 6.77. The molecule has 118 valence electrons. The number of aryl methyl sites for hydroxylation is 1. The first-order chi connectivity index (χ1) is 10.1. The maximum absolute atomic E-state index is 6.07. The third kappa shape index (κ3) is 3.44.